The van der Waals surface area contributed by atoms with E-state index in [-0.39, 0.29) is 11.4 Å². The van der Waals surface area contributed by atoms with Gasteiger partial charge in [-0.05, 0) is 68.8 Å². The van der Waals surface area contributed by atoms with E-state index in [2.05, 4.69) is 20.3 Å². The molecule has 1 fully saturated rings. The molecule has 1 N–H and O–H groups in total. The first-order chi connectivity index (χ1) is 23.3. The number of nitrogens with zero attached hydrogens (tertiary/aromatic N) is 5. The number of hydrogen-bond acceptors (Lipinski definition) is 9. The van der Waals surface area contributed by atoms with E-state index in [4.69, 9.17) is 14.2 Å². The van der Waals surface area contributed by atoms with E-state index < -0.39 is 28.7 Å². The number of aromatic nitrogens is 4. The fraction of sp³-hybridized carbons (Fsp3) is 0.286. The number of carbonyl (C=O) groups excluding carboxylic acids is 1. The van der Waals surface area contributed by atoms with Crippen LogP contribution in [0.2, 0.25) is 0 Å². The number of methoxy groups -OCH3 is 1. The molecule has 0 radical (unpaired) electrons. The van der Waals surface area contributed by atoms with Gasteiger partial charge in [0.15, 0.2) is 23.1 Å². The van der Waals surface area contributed by atoms with Crippen molar-refractivity contribution in [3.63, 3.8) is 0 Å². The first-order valence-corrected chi connectivity index (χ1v) is 15.7. The molecule has 48 heavy (non-hydrogen) atoms. The topological polar surface area (TPSA) is 130 Å². The van der Waals surface area contributed by atoms with E-state index >= 15 is 4.39 Å². The zero-order chi connectivity index (χ0) is 33.6. The Labute approximate surface area is 275 Å². The lowest BCUT2D eigenvalue weighted by Gasteiger charge is -2.26. The molecule has 1 aliphatic heterocycles. The zero-order valence-electron chi connectivity index (χ0n) is 26.6. The number of carbonyl (C=O) groups is 1. The second kappa shape index (κ2) is 14.5. The molecule has 3 aromatic carbocycles. The van der Waals surface area contributed by atoms with E-state index in [1.54, 1.807) is 61.8 Å². The van der Waals surface area contributed by atoms with Gasteiger partial charge in [0.05, 0.1) is 24.9 Å². The molecule has 0 aliphatic carbocycles. The molecule has 2 aromatic heterocycles. The van der Waals surface area contributed by atoms with Crippen LogP contribution in [0.1, 0.15) is 36.2 Å². The predicted octanol–water partition coefficient (Wildman–Crippen LogP) is 4.93. The molecule has 5 aromatic rings. The summed E-state index contributed by atoms with van der Waals surface area (Å²) < 4.78 is 34.7. The highest BCUT2D eigenvalue weighted by atomic mass is 19.1. The van der Waals surface area contributed by atoms with Gasteiger partial charge in [0.2, 0.25) is 5.69 Å². The largest absolute Gasteiger partial charge is 0.493 e. The number of halogens is 1. The SMILES string of the molecule is COc1cc2c(Oc3ccc(NC(=O)c4nn(-c5ccccc5)c(=O)n(C)c4=O)cc3F)ccnc2cc1OCCCN1CCCCC1. The van der Waals surface area contributed by atoms with Gasteiger partial charge < -0.3 is 24.4 Å². The number of amides is 1. The van der Waals surface area contributed by atoms with Gasteiger partial charge in [-0.15, -0.1) is 0 Å². The van der Waals surface area contributed by atoms with E-state index in [1.807, 2.05) is 0 Å². The monoisotopic (exact) mass is 654 g/mol. The molecule has 3 heterocycles. The summed E-state index contributed by atoms with van der Waals surface area (Å²) in [6, 6.07) is 17.3. The highest BCUT2D eigenvalue weighted by molar-refractivity contribution is 6.02. The van der Waals surface area contributed by atoms with Gasteiger partial charge in [-0.25, -0.2) is 9.18 Å². The van der Waals surface area contributed by atoms with Gasteiger partial charge >= 0.3 is 5.69 Å². The highest BCUT2D eigenvalue weighted by Crippen LogP contribution is 2.38. The molecule has 1 saturated heterocycles. The fourth-order valence-corrected chi connectivity index (χ4v) is 5.57. The Bertz CT molecular complexity index is 2060. The van der Waals surface area contributed by atoms with Crippen molar-refractivity contribution in [3.8, 4) is 28.7 Å². The van der Waals surface area contributed by atoms with Crippen molar-refractivity contribution >= 4 is 22.5 Å². The van der Waals surface area contributed by atoms with Crippen LogP contribution in [0.25, 0.3) is 16.6 Å². The molecule has 6 rings (SSSR count). The third-order valence-corrected chi connectivity index (χ3v) is 8.11. The van der Waals surface area contributed by atoms with Crippen LogP contribution >= 0.6 is 0 Å². The number of fused-ring (bicyclic) bond motifs is 1. The van der Waals surface area contributed by atoms with E-state index in [9.17, 15) is 14.4 Å². The van der Waals surface area contributed by atoms with Crippen molar-refractivity contribution in [2.24, 2.45) is 7.05 Å². The lowest BCUT2D eigenvalue weighted by atomic mass is 10.1. The number of piperidine rings is 1. The molecular weight excluding hydrogens is 619 g/mol. The summed E-state index contributed by atoms with van der Waals surface area (Å²) in [4.78, 5) is 45.4. The Morgan fingerprint density at radius 1 is 0.938 bits per heavy atom. The number of pyridine rings is 1. The maximum Gasteiger partial charge on any atom is 0.351 e. The molecular formula is C35H35FN6O6. The van der Waals surface area contributed by atoms with Crippen molar-refractivity contribution in [2.45, 2.75) is 25.7 Å². The number of likely N-dealkylation sites (tertiary alicyclic amines) is 1. The highest BCUT2D eigenvalue weighted by Gasteiger charge is 2.20. The zero-order valence-corrected chi connectivity index (χ0v) is 26.6. The summed E-state index contributed by atoms with van der Waals surface area (Å²) in [5, 5.41) is 7.06. The number of hydrogen-bond donors (Lipinski definition) is 1. The minimum absolute atomic E-state index is 0.0505. The van der Waals surface area contributed by atoms with Crippen molar-refractivity contribution in [2.75, 3.05) is 38.7 Å². The predicted molar refractivity (Wildman–Crippen MR) is 178 cm³/mol. The average Bonchev–Trinajstić information content (AvgIpc) is 3.11. The minimum atomic E-state index is -0.912. The van der Waals surface area contributed by atoms with Crippen molar-refractivity contribution in [1.29, 1.82) is 0 Å². The van der Waals surface area contributed by atoms with Crippen LogP contribution in [0.4, 0.5) is 10.1 Å². The number of para-hydroxylation sites is 1. The van der Waals surface area contributed by atoms with Gasteiger partial charge in [0.1, 0.15) is 5.75 Å². The summed E-state index contributed by atoms with van der Waals surface area (Å²) in [6.07, 6.45) is 6.23. The molecule has 0 unspecified atom stereocenters. The quantitative estimate of drug-likeness (QED) is 0.197. The summed E-state index contributed by atoms with van der Waals surface area (Å²) in [5.41, 5.74) is -1.15. The third-order valence-electron chi connectivity index (χ3n) is 8.11. The standard InChI is InChI=1S/C35H35FN6O6/c1-40-34(44)32(39-42(35(40)45)24-10-5-3-6-11-24)33(43)38-23-12-13-29(26(36)20-23)48-28-14-15-37-27-22-31(30(46-2)21-25(27)28)47-19-9-18-41-16-7-4-8-17-41/h3,5-6,10-15,20-22H,4,7-9,16-19H2,1-2H3,(H,38,43). The summed E-state index contributed by atoms with van der Waals surface area (Å²) in [6.45, 7) is 3.79. The van der Waals surface area contributed by atoms with Crippen molar-refractivity contribution in [3.05, 3.63) is 105 Å². The van der Waals surface area contributed by atoms with E-state index in [0.717, 1.165) is 41.4 Å². The van der Waals surface area contributed by atoms with Gasteiger partial charge in [-0.2, -0.15) is 9.78 Å². The Morgan fingerprint density at radius 3 is 2.48 bits per heavy atom. The molecule has 13 heteroatoms. The van der Waals surface area contributed by atoms with E-state index in [0.29, 0.717) is 40.4 Å². The molecule has 0 spiro atoms. The first kappa shape index (κ1) is 32.4. The lowest BCUT2D eigenvalue weighted by molar-refractivity contribution is 0.101. The normalized spacial score (nSPS) is 13.3. The maximum atomic E-state index is 15.3. The summed E-state index contributed by atoms with van der Waals surface area (Å²) >= 11 is 0. The molecule has 1 aliphatic rings. The number of anilines is 1. The number of benzene rings is 3. The lowest BCUT2D eigenvalue weighted by Crippen LogP contribution is -2.43. The van der Waals surface area contributed by atoms with Crippen LogP contribution < -0.4 is 30.8 Å². The van der Waals surface area contributed by atoms with Crippen LogP contribution in [0.15, 0.2) is 82.5 Å². The molecule has 0 bridgehead atoms. The molecule has 248 valence electrons. The Morgan fingerprint density at radius 2 is 1.73 bits per heavy atom. The molecule has 0 saturated carbocycles. The second-order valence-electron chi connectivity index (χ2n) is 11.4. The molecule has 1 amide bonds. The minimum Gasteiger partial charge on any atom is -0.493 e. The van der Waals surface area contributed by atoms with Crippen LogP contribution in [-0.4, -0.2) is 63.5 Å². The fourth-order valence-electron chi connectivity index (χ4n) is 5.57. The van der Waals surface area contributed by atoms with E-state index in [1.165, 1.54) is 38.4 Å². The van der Waals surface area contributed by atoms with Gasteiger partial charge in [-0.3, -0.25) is 19.1 Å². The maximum absolute atomic E-state index is 15.3. The number of rotatable bonds is 11. The van der Waals surface area contributed by atoms with Crippen LogP contribution in [0.5, 0.6) is 23.0 Å². The number of ether oxygens (including phenoxy) is 3. The summed E-state index contributed by atoms with van der Waals surface area (Å²) in [5.74, 6) is -0.400. The Hall–Kier alpha value is -5.56. The van der Waals surface area contributed by atoms with Gasteiger partial charge in [-0.1, -0.05) is 24.6 Å². The van der Waals surface area contributed by atoms with Gasteiger partial charge in [0.25, 0.3) is 11.5 Å². The van der Waals surface area contributed by atoms with Gasteiger partial charge in [0, 0.05) is 43.0 Å². The molecule has 12 nitrogen and oxygen atoms in total. The number of nitrogens with one attached hydrogen (secondary N) is 1. The average molecular weight is 655 g/mol. The second-order valence-corrected chi connectivity index (χ2v) is 11.4. The van der Waals surface area contributed by atoms with Crippen molar-refractivity contribution in [1.82, 2.24) is 24.2 Å². The Balaban J connectivity index is 1.17. The Kier molecular flexibility index (Phi) is 9.76. The van der Waals surface area contributed by atoms with Crippen molar-refractivity contribution < 1.29 is 23.4 Å². The summed E-state index contributed by atoms with van der Waals surface area (Å²) in [7, 11) is 2.80. The van der Waals surface area contributed by atoms with Crippen LogP contribution in [-0.2, 0) is 7.05 Å². The third kappa shape index (κ3) is 7.05. The van der Waals surface area contributed by atoms with Crippen LogP contribution in [0, 0.1) is 5.82 Å². The smallest absolute Gasteiger partial charge is 0.351 e. The van der Waals surface area contributed by atoms with Crippen LogP contribution in [0.3, 0.4) is 0 Å². The first-order valence-electron chi connectivity index (χ1n) is 15.7. The molecule has 0 atom stereocenters.